The van der Waals surface area contributed by atoms with Crippen LogP contribution in [-0.2, 0) is 4.74 Å². The van der Waals surface area contributed by atoms with Gasteiger partial charge in [0.15, 0.2) is 0 Å². The van der Waals surface area contributed by atoms with Crippen LogP contribution in [0.15, 0.2) is 6.20 Å². The molecule has 1 fully saturated rings. The summed E-state index contributed by atoms with van der Waals surface area (Å²) in [6.07, 6.45) is 2.92. The van der Waals surface area contributed by atoms with Gasteiger partial charge in [-0.1, -0.05) is 0 Å². The number of nitrogens with two attached hydrogens (primary N) is 1. The minimum absolute atomic E-state index is 0.00378. The van der Waals surface area contributed by atoms with Crippen LogP contribution in [-0.4, -0.2) is 52.4 Å². The molecule has 2 rings (SSSR count). The molecule has 0 bridgehead atoms. The maximum absolute atomic E-state index is 10.7. The van der Waals surface area contributed by atoms with E-state index in [1.807, 2.05) is 4.90 Å². The summed E-state index contributed by atoms with van der Waals surface area (Å²) in [5, 5.41) is 19.4. The lowest BCUT2D eigenvalue weighted by Gasteiger charge is -2.32. The number of rotatable bonds is 5. The van der Waals surface area contributed by atoms with Gasteiger partial charge in [0.2, 0.25) is 11.8 Å². The van der Waals surface area contributed by atoms with Crippen LogP contribution in [0.1, 0.15) is 12.8 Å². The van der Waals surface area contributed by atoms with E-state index in [0.717, 1.165) is 25.6 Å². The van der Waals surface area contributed by atoms with Crippen LogP contribution in [0, 0.1) is 10.1 Å². The third-order valence-corrected chi connectivity index (χ3v) is 3.09. The van der Waals surface area contributed by atoms with Crippen molar-refractivity contribution in [3.8, 4) is 0 Å². The smallest absolute Gasteiger partial charge is 0.329 e. The van der Waals surface area contributed by atoms with Crippen LogP contribution in [0.25, 0.3) is 0 Å². The summed E-state index contributed by atoms with van der Waals surface area (Å²) in [5.74, 6) is 0.226. The van der Waals surface area contributed by atoms with E-state index in [9.17, 15) is 10.1 Å². The number of hydrogen-bond donors (Lipinski definition) is 2. The molecule has 0 radical (unpaired) electrons. The Morgan fingerprint density at radius 1 is 1.65 bits per heavy atom. The molecule has 1 unspecified atom stereocenters. The van der Waals surface area contributed by atoms with Crippen LogP contribution in [0.5, 0.6) is 0 Å². The summed E-state index contributed by atoms with van der Waals surface area (Å²) >= 11 is 0. The number of piperidine rings is 1. The van der Waals surface area contributed by atoms with Gasteiger partial charge in [0.1, 0.15) is 6.20 Å². The van der Waals surface area contributed by atoms with E-state index < -0.39 is 4.92 Å². The summed E-state index contributed by atoms with van der Waals surface area (Å²) in [5.41, 5.74) is 5.27. The zero-order valence-electron chi connectivity index (χ0n) is 10.9. The molecule has 20 heavy (non-hydrogen) atoms. The lowest BCUT2D eigenvalue weighted by Crippen LogP contribution is -2.41. The Bertz CT molecular complexity index is 484. The first kappa shape index (κ1) is 14.4. The van der Waals surface area contributed by atoms with Gasteiger partial charge in [-0.05, 0) is 12.8 Å². The lowest BCUT2D eigenvalue weighted by atomic mass is 10.1. The third kappa shape index (κ3) is 3.31. The molecule has 110 valence electrons. The maximum Gasteiger partial charge on any atom is 0.329 e. The Labute approximate surface area is 115 Å². The van der Waals surface area contributed by atoms with Crippen molar-refractivity contribution in [1.29, 1.82) is 0 Å². The molecular formula is C11H17N5O4. The molecule has 0 spiro atoms. The fourth-order valence-corrected chi connectivity index (χ4v) is 2.15. The van der Waals surface area contributed by atoms with E-state index in [-0.39, 0.29) is 24.2 Å². The van der Waals surface area contributed by atoms with Crippen molar-refractivity contribution in [2.75, 3.05) is 36.9 Å². The van der Waals surface area contributed by atoms with Crippen molar-refractivity contribution < 1.29 is 14.8 Å². The van der Waals surface area contributed by atoms with Gasteiger partial charge in [0, 0.05) is 13.1 Å². The van der Waals surface area contributed by atoms with Crippen molar-refractivity contribution in [1.82, 2.24) is 9.97 Å². The molecular weight excluding hydrogens is 266 g/mol. The molecule has 1 atom stereocenters. The van der Waals surface area contributed by atoms with Gasteiger partial charge in [0.05, 0.1) is 24.2 Å². The van der Waals surface area contributed by atoms with Gasteiger partial charge in [0.25, 0.3) is 0 Å². The number of anilines is 2. The standard InChI is InChI=1S/C11H17N5O4/c12-10-9(16(18)19)6-13-11(14-10)15-3-1-2-8(7-15)20-5-4-17/h6,8,17H,1-5,7H2,(H2,12,13,14). The van der Waals surface area contributed by atoms with Gasteiger partial charge < -0.3 is 20.5 Å². The summed E-state index contributed by atoms with van der Waals surface area (Å²) < 4.78 is 5.49. The highest BCUT2D eigenvalue weighted by molar-refractivity contribution is 5.53. The van der Waals surface area contributed by atoms with E-state index in [4.69, 9.17) is 15.6 Å². The first-order chi connectivity index (χ1) is 9.61. The zero-order valence-corrected chi connectivity index (χ0v) is 10.9. The minimum atomic E-state index is -0.609. The van der Waals surface area contributed by atoms with E-state index in [2.05, 4.69) is 9.97 Å². The molecule has 1 saturated heterocycles. The van der Waals surface area contributed by atoms with Gasteiger partial charge in [-0.15, -0.1) is 0 Å². The molecule has 2 heterocycles. The highest BCUT2D eigenvalue weighted by Gasteiger charge is 2.24. The normalized spacial score (nSPS) is 19.1. The fraction of sp³-hybridized carbons (Fsp3) is 0.636. The highest BCUT2D eigenvalue weighted by Crippen LogP contribution is 2.23. The Morgan fingerprint density at radius 2 is 2.45 bits per heavy atom. The van der Waals surface area contributed by atoms with Crippen molar-refractivity contribution >= 4 is 17.5 Å². The van der Waals surface area contributed by atoms with Crippen LogP contribution in [0.4, 0.5) is 17.5 Å². The number of nitrogens with zero attached hydrogens (tertiary/aromatic N) is 4. The Hall–Kier alpha value is -2.00. The van der Waals surface area contributed by atoms with Gasteiger partial charge in [-0.3, -0.25) is 10.1 Å². The number of aliphatic hydroxyl groups is 1. The number of nitro groups is 1. The average molecular weight is 283 g/mol. The molecule has 1 aliphatic heterocycles. The Balaban J connectivity index is 2.07. The summed E-state index contributed by atoms with van der Waals surface area (Å²) in [6.45, 7) is 1.60. The number of aromatic nitrogens is 2. The Morgan fingerprint density at radius 3 is 3.10 bits per heavy atom. The molecule has 0 saturated carbocycles. The molecule has 3 N–H and O–H groups in total. The quantitative estimate of drug-likeness (QED) is 0.568. The van der Waals surface area contributed by atoms with E-state index in [0.29, 0.717) is 19.1 Å². The second-order valence-corrected chi connectivity index (χ2v) is 4.50. The fourth-order valence-electron chi connectivity index (χ4n) is 2.15. The SMILES string of the molecule is Nc1nc(N2CCCC(OCCO)C2)ncc1[N+](=O)[O-]. The first-order valence-electron chi connectivity index (χ1n) is 6.36. The molecule has 1 aromatic rings. The van der Waals surface area contributed by atoms with Crippen molar-refractivity contribution in [3.05, 3.63) is 16.3 Å². The maximum atomic E-state index is 10.7. The number of aliphatic hydroxyl groups excluding tert-OH is 1. The highest BCUT2D eigenvalue weighted by atomic mass is 16.6. The number of nitrogen functional groups attached to an aromatic ring is 1. The Kier molecular flexibility index (Phi) is 4.64. The van der Waals surface area contributed by atoms with E-state index in [1.165, 1.54) is 0 Å². The van der Waals surface area contributed by atoms with Gasteiger partial charge in [-0.2, -0.15) is 4.98 Å². The summed E-state index contributed by atoms with van der Waals surface area (Å²) in [7, 11) is 0. The topological polar surface area (TPSA) is 128 Å². The van der Waals surface area contributed by atoms with Crippen LogP contribution < -0.4 is 10.6 Å². The van der Waals surface area contributed by atoms with Crippen LogP contribution >= 0.6 is 0 Å². The van der Waals surface area contributed by atoms with Crippen molar-refractivity contribution in [2.24, 2.45) is 0 Å². The van der Waals surface area contributed by atoms with Gasteiger partial charge >= 0.3 is 5.69 Å². The second-order valence-electron chi connectivity index (χ2n) is 4.50. The van der Waals surface area contributed by atoms with Crippen molar-refractivity contribution in [3.63, 3.8) is 0 Å². The van der Waals surface area contributed by atoms with E-state index >= 15 is 0 Å². The molecule has 0 aliphatic carbocycles. The molecule has 9 heteroatoms. The molecule has 0 amide bonds. The predicted octanol–water partition coefficient (Wildman–Crippen LogP) is -0.0553. The first-order valence-corrected chi connectivity index (χ1v) is 6.36. The van der Waals surface area contributed by atoms with Gasteiger partial charge in [-0.25, -0.2) is 4.98 Å². The largest absolute Gasteiger partial charge is 0.394 e. The monoisotopic (exact) mass is 283 g/mol. The summed E-state index contributed by atoms with van der Waals surface area (Å²) in [4.78, 5) is 19.9. The third-order valence-electron chi connectivity index (χ3n) is 3.09. The van der Waals surface area contributed by atoms with E-state index in [1.54, 1.807) is 0 Å². The summed E-state index contributed by atoms with van der Waals surface area (Å²) in [6, 6.07) is 0. The average Bonchev–Trinajstić information content (AvgIpc) is 2.45. The second kappa shape index (κ2) is 6.44. The van der Waals surface area contributed by atoms with Crippen LogP contribution in [0.3, 0.4) is 0 Å². The molecule has 1 aliphatic rings. The van der Waals surface area contributed by atoms with Crippen LogP contribution in [0.2, 0.25) is 0 Å². The minimum Gasteiger partial charge on any atom is -0.394 e. The number of ether oxygens (including phenoxy) is 1. The van der Waals surface area contributed by atoms with Crippen molar-refractivity contribution in [2.45, 2.75) is 18.9 Å². The predicted molar refractivity (Wildman–Crippen MR) is 71.4 cm³/mol. The molecule has 9 nitrogen and oxygen atoms in total. The molecule has 1 aromatic heterocycles. The zero-order chi connectivity index (χ0) is 14.5. The number of hydrogen-bond acceptors (Lipinski definition) is 8. The molecule has 0 aromatic carbocycles. The lowest BCUT2D eigenvalue weighted by molar-refractivity contribution is -0.384.